The van der Waals surface area contributed by atoms with Gasteiger partial charge in [-0.3, -0.25) is 0 Å². The van der Waals surface area contributed by atoms with Crippen LogP contribution in [0.25, 0.3) is 0 Å². The van der Waals surface area contributed by atoms with Crippen LogP contribution >= 0.6 is 0 Å². The van der Waals surface area contributed by atoms with Crippen molar-refractivity contribution in [2.75, 3.05) is 19.7 Å². The second-order valence-corrected chi connectivity index (χ2v) is 7.93. The van der Waals surface area contributed by atoms with E-state index in [4.69, 9.17) is 9.47 Å². The number of sulfonamides is 1. The fourth-order valence-electron chi connectivity index (χ4n) is 2.65. The molecule has 25 heavy (non-hydrogen) atoms. The van der Waals surface area contributed by atoms with Gasteiger partial charge in [-0.05, 0) is 57.9 Å². The summed E-state index contributed by atoms with van der Waals surface area (Å²) in [5, 5.41) is 0. The number of carbonyl (C=O) groups is 1. The molecule has 1 aromatic rings. The first kappa shape index (κ1) is 19.5. The number of hydrogen-bond donors (Lipinski definition) is 1. The average Bonchev–Trinajstić information content (AvgIpc) is 2.55. The first-order valence-corrected chi connectivity index (χ1v) is 10.0. The highest BCUT2D eigenvalue weighted by Gasteiger charge is 2.27. The molecular formula is C17H26N2O5S. The molecule has 0 radical (unpaired) electrons. The Morgan fingerprint density at radius 3 is 2.36 bits per heavy atom. The van der Waals surface area contributed by atoms with E-state index in [0.29, 0.717) is 38.3 Å². The smallest absolute Gasteiger partial charge is 0.409 e. The second kappa shape index (κ2) is 8.53. The Morgan fingerprint density at radius 1 is 1.24 bits per heavy atom. The Kier molecular flexibility index (Phi) is 6.66. The van der Waals surface area contributed by atoms with Crippen LogP contribution in [0.3, 0.4) is 0 Å². The summed E-state index contributed by atoms with van der Waals surface area (Å²) in [4.78, 5) is 13.5. The number of nitrogens with zero attached hydrogens (tertiary/aromatic N) is 1. The molecule has 0 unspecified atom stereocenters. The van der Waals surface area contributed by atoms with Gasteiger partial charge in [-0.1, -0.05) is 0 Å². The fraction of sp³-hybridized carbons (Fsp3) is 0.588. The lowest BCUT2D eigenvalue weighted by atomic mass is 10.1. The van der Waals surface area contributed by atoms with E-state index >= 15 is 0 Å². The topological polar surface area (TPSA) is 84.9 Å². The molecule has 0 saturated carbocycles. The number of ether oxygens (including phenoxy) is 2. The molecule has 1 aliphatic heterocycles. The maximum atomic E-state index is 12.5. The quantitative estimate of drug-likeness (QED) is 0.831. The standard InChI is InChI=1S/C17H26N2O5S/c1-4-23-17(20)19-11-9-14(10-12-19)18-25(21,22)16-7-5-15(6-8-16)24-13(2)3/h5-8,13-14,18H,4,9-12H2,1-3H3. The number of amides is 1. The van der Waals surface area contributed by atoms with Crippen LogP contribution in [0.15, 0.2) is 29.2 Å². The number of likely N-dealkylation sites (tertiary alicyclic amines) is 1. The summed E-state index contributed by atoms with van der Waals surface area (Å²) in [6, 6.07) is 6.18. The Bertz CT molecular complexity index is 665. The summed E-state index contributed by atoms with van der Waals surface area (Å²) in [6.45, 7) is 6.88. The molecule has 0 aliphatic carbocycles. The molecule has 0 atom stereocenters. The van der Waals surface area contributed by atoms with Crippen molar-refractivity contribution >= 4 is 16.1 Å². The highest BCUT2D eigenvalue weighted by Crippen LogP contribution is 2.19. The first-order valence-electron chi connectivity index (χ1n) is 8.52. The number of benzene rings is 1. The zero-order chi connectivity index (χ0) is 18.4. The number of carbonyl (C=O) groups excluding carboxylic acids is 1. The summed E-state index contributed by atoms with van der Waals surface area (Å²) < 4.78 is 38.2. The number of rotatable bonds is 6. The summed E-state index contributed by atoms with van der Waals surface area (Å²) in [6.07, 6.45) is 0.814. The van der Waals surface area contributed by atoms with Gasteiger partial charge in [0, 0.05) is 19.1 Å². The van der Waals surface area contributed by atoms with Gasteiger partial charge in [-0.2, -0.15) is 0 Å². The minimum atomic E-state index is -3.59. The third-order valence-corrected chi connectivity index (χ3v) is 5.39. The van der Waals surface area contributed by atoms with Crippen molar-refractivity contribution in [2.24, 2.45) is 0 Å². The van der Waals surface area contributed by atoms with Crippen molar-refractivity contribution < 1.29 is 22.7 Å². The molecular weight excluding hydrogens is 344 g/mol. The van der Waals surface area contributed by atoms with E-state index in [1.807, 2.05) is 13.8 Å². The maximum Gasteiger partial charge on any atom is 0.409 e. The Morgan fingerprint density at radius 2 is 1.84 bits per heavy atom. The van der Waals surface area contributed by atoms with Crippen LogP contribution in [0.1, 0.15) is 33.6 Å². The molecule has 1 aromatic carbocycles. The lowest BCUT2D eigenvalue weighted by Crippen LogP contribution is -2.46. The predicted molar refractivity (Wildman–Crippen MR) is 94.1 cm³/mol. The Hall–Kier alpha value is -1.80. The van der Waals surface area contributed by atoms with Gasteiger partial charge in [-0.25, -0.2) is 17.9 Å². The molecule has 2 rings (SSSR count). The van der Waals surface area contributed by atoms with Gasteiger partial charge >= 0.3 is 6.09 Å². The van der Waals surface area contributed by atoms with Crippen molar-refractivity contribution in [1.29, 1.82) is 0 Å². The van der Waals surface area contributed by atoms with E-state index in [9.17, 15) is 13.2 Å². The van der Waals surface area contributed by atoms with E-state index in [1.165, 1.54) is 12.1 Å². The molecule has 1 fully saturated rings. The second-order valence-electron chi connectivity index (χ2n) is 6.22. The van der Waals surface area contributed by atoms with Crippen LogP contribution in [-0.2, 0) is 14.8 Å². The molecule has 0 spiro atoms. The highest BCUT2D eigenvalue weighted by atomic mass is 32.2. The Labute approximate surface area is 149 Å². The van der Waals surface area contributed by atoms with Crippen molar-refractivity contribution in [2.45, 2.75) is 50.7 Å². The summed E-state index contributed by atoms with van der Waals surface area (Å²) in [5.41, 5.74) is 0. The van der Waals surface area contributed by atoms with Gasteiger partial charge in [0.1, 0.15) is 5.75 Å². The van der Waals surface area contributed by atoms with Crippen LogP contribution in [0.4, 0.5) is 4.79 Å². The van der Waals surface area contributed by atoms with E-state index in [-0.39, 0.29) is 23.1 Å². The SMILES string of the molecule is CCOC(=O)N1CCC(NS(=O)(=O)c2ccc(OC(C)C)cc2)CC1. The predicted octanol–water partition coefficient (Wildman–Crippen LogP) is 2.37. The molecule has 7 nitrogen and oxygen atoms in total. The third kappa shape index (κ3) is 5.61. The molecule has 1 heterocycles. The first-order chi connectivity index (χ1) is 11.8. The maximum absolute atomic E-state index is 12.5. The van der Waals surface area contributed by atoms with Gasteiger partial charge in [0.05, 0.1) is 17.6 Å². The van der Waals surface area contributed by atoms with Crippen LogP contribution in [0.5, 0.6) is 5.75 Å². The summed E-state index contributed by atoms with van der Waals surface area (Å²) >= 11 is 0. The zero-order valence-corrected chi connectivity index (χ0v) is 15.7. The number of piperidine rings is 1. The third-order valence-electron chi connectivity index (χ3n) is 3.85. The van der Waals surface area contributed by atoms with Crippen LogP contribution in [0, 0.1) is 0 Å². The average molecular weight is 370 g/mol. The lowest BCUT2D eigenvalue weighted by molar-refractivity contribution is 0.0966. The molecule has 1 aliphatic rings. The van der Waals surface area contributed by atoms with Crippen LogP contribution in [-0.4, -0.2) is 51.3 Å². The van der Waals surface area contributed by atoms with Crippen LogP contribution in [0.2, 0.25) is 0 Å². The van der Waals surface area contributed by atoms with Gasteiger partial charge in [-0.15, -0.1) is 0 Å². The highest BCUT2D eigenvalue weighted by molar-refractivity contribution is 7.89. The lowest BCUT2D eigenvalue weighted by Gasteiger charge is -2.31. The van der Waals surface area contributed by atoms with E-state index in [1.54, 1.807) is 24.0 Å². The number of nitrogens with one attached hydrogen (secondary N) is 1. The summed E-state index contributed by atoms with van der Waals surface area (Å²) in [5.74, 6) is 0.636. The van der Waals surface area contributed by atoms with Crippen LogP contribution < -0.4 is 9.46 Å². The largest absolute Gasteiger partial charge is 0.491 e. The minimum absolute atomic E-state index is 0.0326. The molecule has 1 amide bonds. The minimum Gasteiger partial charge on any atom is -0.491 e. The van der Waals surface area contributed by atoms with Crippen molar-refractivity contribution in [3.05, 3.63) is 24.3 Å². The molecule has 1 N–H and O–H groups in total. The Balaban J connectivity index is 1.92. The van der Waals surface area contributed by atoms with E-state index < -0.39 is 10.0 Å². The normalized spacial score (nSPS) is 16.1. The van der Waals surface area contributed by atoms with Crippen molar-refractivity contribution in [3.8, 4) is 5.75 Å². The van der Waals surface area contributed by atoms with Crippen molar-refractivity contribution in [3.63, 3.8) is 0 Å². The van der Waals surface area contributed by atoms with E-state index in [0.717, 1.165) is 0 Å². The molecule has 0 aromatic heterocycles. The van der Waals surface area contributed by atoms with Gasteiger partial charge in [0.25, 0.3) is 0 Å². The van der Waals surface area contributed by atoms with Gasteiger partial charge in [0.2, 0.25) is 10.0 Å². The molecule has 140 valence electrons. The molecule has 8 heteroatoms. The van der Waals surface area contributed by atoms with E-state index in [2.05, 4.69) is 4.72 Å². The molecule has 0 bridgehead atoms. The van der Waals surface area contributed by atoms with Gasteiger partial charge < -0.3 is 14.4 Å². The van der Waals surface area contributed by atoms with Gasteiger partial charge in [0.15, 0.2) is 0 Å². The summed E-state index contributed by atoms with van der Waals surface area (Å²) in [7, 11) is -3.59. The number of hydrogen-bond acceptors (Lipinski definition) is 5. The molecule has 1 saturated heterocycles. The monoisotopic (exact) mass is 370 g/mol. The fourth-order valence-corrected chi connectivity index (χ4v) is 3.96. The van der Waals surface area contributed by atoms with Crippen molar-refractivity contribution in [1.82, 2.24) is 9.62 Å². The zero-order valence-electron chi connectivity index (χ0n) is 14.9.